The summed E-state index contributed by atoms with van der Waals surface area (Å²) in [6, 6.07) is 0.747. The molecule has 3 heteroatoms. The van der Waals surface area contributed by atoms with Crippen LogP contribution >= 0.6 is 11.6 Å². The van der Waals surface area contributed by atoms with Crippen LogP contribution in [-0.2, 0) is 0 Å². The van der Waals surface area contributed by atoms with E-state index in [4.69, 9.17) is 17.3 Å². The van der Waals surface area contributed by atoms with Crippen LogP contribution in [0, 0.1) is 0 Å². The molecule has 0 bridgehead atoms. The number of hydrogen-bond donors (Lipinski definition) is 1. The van der Waals surface area contributed by atoms with E-state index in [2.05, 4.69) is 4.90 Å². The minimum atomic E-state index is 0.743. The molecule has 76 valence electrons. The number of rotatable bonds is 5. The Bertz CT molecular complexity index is 153. The average Bonchev–Trinajstić information content (AvgIpc) is 2.65. The summed E-state index contributed by atoms with van der Waals surface area (Å²) < 4.78 is 0. The Morgan fingerprint density at radius 1 is 1.38 bits per heavy atom. The van der Waals surface area contributed by atoms with E-state index in [-0.39, 0.29) is 0 Å². The molecule has 0 aliphatic heterocycles. The van der Waals surface area contributed by atoms with Crippen LogP contribution in [-0.4, -0.2) is 30.6 Å². The predicted molar refractivity (Wildman–Crippen MR) is 57.9 cm³/mol. The normalized spacial score (nSPS) is 19.3. The van der Waals surface area contributed by atoms with E-state index in [0.29, 0.717) is 0 Å². The van der Waals surface area contributed by atoms with Crippen LogP contribution in [0.1, 0.15) is 25.7 Å². The summed E-state index contributed by atoms with van der Waals surface area (Å²) in [6.07, 6.45) is 7.40. The lowest BCUT2D eigenvalue weighted by Gasteiger charge is -2.26. The molecular weight excluding hydrogens is 184 g/mol. The van der Waals surface area contributed by atoms with Crippen molar-refractivity contribution in [3.8, 4) is 0 Å². The zero-order chi connectivity index (χ0) is 9.52. The third kappa shape index (κ3) is 3.67. The second-order valence-electron chi connectivity index (χ2n) is 3.58. The molecule has 2 nitrogen and oxygen atoms in total. The maximum atomic E-state index is 5.57. The molecule has 1 fully saturated rings. The van der Waals surface area contributed by atoms with E-state index in [0.717, 1.165) is 25.7 Å². The van der Waals surface area contributed by atoms with Gasteiger partial charge in [0.25, 0.3) is 0 Å². The largest absolute Gasteiger partial charge is 0.329 e. The summed E-state index contributed by atoms with van der Waals surface area (Å²) in [5.41, 5.74) is 7.17. The van der Waals surface area contributed by atoms with Gasteiger partial charge in [-0.05, 0) is 12.8 Å². The van der Waals surface area contributed by atoms with Gasteiger partial charge < -0.3 is 5.73 Å². The van der Waals surface area contributed by atoms with Gasteiger partial charge in [0, 0.05) is 31.2 Å². The Balaban J connectivity index is 2.35. The fourth-order valence-electron chi connectivity index (χ4n) is 2.03. The van der Waals surface area contributed by atoms with Crippen molar-refractivity contribution in [2.24, 2.45) is 5.73 Å². The van der Waals surface area contributed by atoms with Crippen LogP contribution in [0.25, 0.3) is 0 Å². The van der Waals surface area contributed by atoms with Crippen LogP contribution < -0.4 is 5.73 Å². The third-order valence-corrected chi connectivity index (χ3v) is 2.86. The molecular formula is C10H19ClN2. The van der Waals surface area contributed by atoms with Gasteiger partial charge in [0.05, 0.1) is 0 Å². The summed E-state index contributed by atoms with van der Waals surface area (Å²) in [5, 5.41) is 0. The second kappa shape index (κ2) is 6.41. The molecule has 1 aliphatic carbocycles. The van der Waals surface area contributed by atoms with Crippen molar-refractivity contribution in [1.29, 1.82) is 0 Å². The maximum absolute atomic E-state index is 5.57. The van der Waals surface area contributed by atoms with Gasteiger partial charge in [-0.15, -0.1) is 0 Å². The van der Waals surface area contributed by atoms with E-state index in [1.807, 2.05) is 6.08 Å². The minimum Gasteiger partial charge on any atom is -0.329 e. The fourth-order valence-corrected chi connectivity index (χ4v) is 2.11. The molecule has 0 aromatic rings. The SMILES string of the molecule is NCCN(C/C=C/Cl)C1CCCC1. The molecule has 0 saturated heterocycles. The van der Waals surface area contributed by atoms with E-state index in [1.165, 1.54) is 25.7 Å². The molecule has 1 aliphatic rings. The van der Waals surface area contributed by atoms with Gasteiger partial charge in [-0.2, -0.15) is 0 Å². The average molecular weight is 203 g/mol. The van der Waals surface area contributed by atoms with Gasteiger partial charge in [-0.25, -0.2) is 0 Å². The number of nitrogens with zero attached hydrogens (tertiary/aromatic N) is 1. The summed E-state index contributed by atoms with van der Waals surface area (Å²) in [7, 11) is 0. The third-order valence-electron chi connectivity index (χ3n) is 2.69. The van der Waals surface area contributed by atoms with Crippen molar-refractivity contribution in [1.82, 2.24) is 4.90 Å². The Labute approximate surface area is 85.7 Å². The number of hydrogen-bond acceptors (Lipinski definition) is 2. The molecule has 2 N–H and O–H groups in total. The second-order valence-corrected chi connectivity index (χ2v) is 3.84. The zero-order valence-electron chi connectivity index (χ0n) is 8.08. The first kappa shape index (κ1) is 11.0. The van der Waals surface area contributed by atoms with Gasteiger partial charge in [0.15, 0.2) is 0 Å². The van der Waals surface area contributed by atoms with Crippen molar-refractivity contribution in [2.45, 2.75) is 31.7 Å². The predicted octanol–water partition coefficient (Wildman–Crippen LogP) is 1.94. The first-order chi connectivity index (χ1) is 6.38. The Morgan fingerprint density at radius 3 is 2.62 bits per heavy atom. The highest BCUT2D eigenvalue weighted by Crippen LogP contribution is 2.22. The quantitative estimate of drug-likeness (QED) is 0.739. The Morgan fingerprint density at radius 2 is 2.08 bits per heavy atom. The van der Waals surface area contributed by atoms with Crippen molar-refractivity contribution >= 4 is 11.6 Å². The molecule has 0 unspecified atom stereocenters. The van der Waals surface area contributed by atoms with E-state index < -0.39 is 0 Å². The van der Waals surface area contributed by atoms with Crippen molar-refractivity contribution < 1.29 is 0 Å². The summed E-state index contributed by atoms with van der Waals surface area (Å²) in [6.45, 7) is 2.68. The molecule has 1 saturated carbocycles. The molecule has 0 spiro atoms. The minimum absolute atomic E-state index is 0.743. The van der Waals surface area contributed by atoms with Gasteiger partial charge in [-0.3, -0.25) is 4.90 Å². The molecule has 0 radical (unpaired) electrons. The van der Waals surface area contributed by atoms with Gasteiger partial charge in [-0.1, -0.05) is 30.5 Å². The van der Waals surface area contributed by atoms with Gasteiger partial charge in [0.1, 0.15) is 0 Å². The lowest BCUT2D eigenvalue weighted by Crippen LogP contribution is -2.37. The van der Waals surface area contributed by atoms with E-state index in [1.54, 1.807) is 5.54 Å². The maximum Gasteiger partial charge on any atom is 0.0178 e. The molecule has 0 heterocycles. The summed E-state index contributed by atoms with van der Waals surface area (Å²) >= 11 is 5.51. The van der Waals surface area contributed by atoms with Crippen molar-refractivity contribution in [3.05, 3.63) is 11.6 Å². The Hall–Kier alpha value is -0.0500. The van der Waals surface area contributed by atoms with E-state index >= 15 is 0 Å². The lowest BCUT2D eigenvalue weighted by molar-refractivity contribution is 0.226. The van der Waals surface area contributed by atoms with Gasteiger partial charge >= 0.3 is 0 Å². The first-order valence-corrected chi connectivity index (χ1v) is 5.51. The lowest BCUT2D eigenvalue weighted by atomic mass is 10.2. The molecule has 0 atom stereocenters. The van der Waals surface area contributed by atoms with Crippen LogP contribution in [0.5, 0.6) is 0 Å². The van der Waals surface area contributed by atoms with Crippen LogP contribution in [0.15, 0.2) is 11.6 Å². The van der Waals surface area contributed by atoms with Gasteiger partial charge in [0.2, 0.25) is 0 Å². The number of halogens is 1. The first-order valence-electron chi connectivity index (χ1n) is 5.08. The molecule has 0 aromatic heterocycles. The molecule has 1 rings (SSSR count). The van der Waals surface area contributed by atoms with E-state index in [9.17, 15) is 0 Å². The molecule has 0 amide bonds. The highest BCUT2D eigenvalue weighted by atomic mass is 35.5. The smallest absolute Gasteiger partial charge is 0.0178 e. The topological polar surface area (TPSA) is 29.3 Å². The van der Waals surface area contributed by atoms with Crippen LogP contribution in [0.4, 0.5) is 0 Å². The highest BCUT2D eigenvalue weighted by molar-refractivity contribution is 6.25. The van der Waals surface area contributed by atoms with Crippen molar-refractivity contribution in [2.75, 3.05) is 19.6 Å². The highest BCUT2D eigenvalue weighted by Gasteiger charge is 2.20. The van der Waals surface area contributed by atoms with Crippen LogP contribution in [0.3, 0.4) is 0 Å². The number of nitrogens with two attached hydrogens (primary N) is 1. The fraction of sp³-hybridized carbons (Fsp3) is 0.800. The molecule has 13 heavy (non-hydrogen) atoms. The van der Waals surface area contributed by atoms with Crippen LogP contribution in [0.2, 0.25) is 0 Å². The Kier molecular flexibility index (Phi) is 5.44. The van der Waals surface area contributed by atoms with Crippen molar-refractivity contribution in [3.63, 3.8) is 0 Å². The monoisotopic (exact) mass is 202 g/mol. The molecule has 0 aromatic carbocycles. The zero-order valence-corrected chi connectivity index (χ0v) is 8.84. The standard InChI is InChI=1S/C10H19ClN2/c11-6-3-8-13(9-7-12)10-4-1-2-5-10/h3,6,10H,1-2,4-5,7-9,12H2/b6-3+. The summed E-state index contributed by atoms with van der Waals surface area (Å²) in [4.78, 5) is 2.44. The summed E-state index contributed by atoms with van der Waals surface area (Å²) in [5.74, 6) is 0.